The number of aliphatic carboxylic acids is 1. The quantitative estimate of drug-likeness (QED) is 0.0541. The molecule has 0 radical (unpaired) electrons. The molecule has 1 atom stereocenters. The van der Waals surface area contributed by atoms with Gasteiger partial charge in [-0.1, -0.05) is 241 Å². The van der Waals surface area contributed by atoms with Gasteiger partial charge in [0.2, 0.25) is 5.91 Å². The van der Waals surface area contributed by atoms with Crippen molar-refractivity contribution in [1.82, 2.24) is 5.32 Å². The summed E-state index contributed by atoms with van der Waals surface area (Å²) >= 11 is 0. The third kappa shape index (κ3) is 33.7. The Labute approximate surface area is 490 Å². The van der Waals surface area contributed by atoms with Crippen LogP contribution in [0.15, 0.2) is 12.2 Å². The average Bonchev–Trinajstić information content (AvgIpc) is 2.99. The van der Waals surface area contributed by atoms with Crippen molar-refractivity contribution in [1.29, 1.82) is 0 Å². The Morgan fingerprint density at radius 3 is 0.679 bits per heavy atom. The van der Waals surface area contributed by atoms with E-state index < -0.39 is 11.9 Å². The first-order valence-electron chi connectivity index (χ1n) is 31.6. The molecule has 0 aliphatic carbocycles. The van der Waals surface area contributed by atoms with Crippen LogP contribution in [-0.4, -0.2) is 35.2 Å². The molecule has 0 aromatic rings. The summed E-state index contributed by atoms with van der Waals surface area (Å²) in [6.45, 7) is 86.4. The number of carbonyl (C=O) groups is 2. The third-order valence-corrected chi connectivity index (χ3v) is 16.7. The van der Waals surface area contributed by atoms with Crippen LogP contribution in [0.5, 0.6) is 0 Å². The highest BCUT2D eigenvalue weighted by Crippen LogP contribution is 2.57. The predicted octanol–water partition coefficient (Wildman–Crippen LogP) is 22.4. The number of carboxylic acids is 1. The maximum Gasteiger partial charge on any atom is 0.304 e. The smallest absolute Gasteiger partial charge is 0.304 e. The lowest BCUT2D eigenvalue weighted by Gasteiger charge is -2.48. The fourth-order valence-corrected chi connectivity index (χ4v) is 22.1. The zero-order valence-electron chi connectivity index (χ0n) is 59.4. The van der Waals surface area contributed by atoms with E-state index in [0.717, 1.165) is 19.3 Å². The molecule has 0 heterocycles. The molecular weight excluding hydrogens is 955 g/mol. The molecule has 464 valence electrons. The number of amides is 1. The Bertz CT molecular complexity index is 1890. The Kier molecular flexibility index (Phi) is 25.8. The summed E-state index contributed by atoms with van der Waals surface area (Å²) in [5.74, 6) is -2.22. The highest BCUT2D eigenvalue weighted by molar-refractivity contribution is 5.85. The lowest BCUT2D eigenvalue weighted by molar-refractivity contribution is -0.140. The monoisotopic (exact) mass is 1100 g/mol. The zero-order valence-corrected chi connectivity index (χ0v) is 59.4. The first-order chi connectivity index (χ1) is 33.8. The van der Waals surface area contributed by atoms with Gasteiger partial charge in [0.25, 0.3) is 0 Å². The number of carbonyl (C=O) groups excluding carboxylic acids is 1. The molecule has 3 N–H and O–H groups in total. The molecule has 0 spiro atoms. The van der Waals surface area contributed by atoms with Gasteiger partial charge < -0.3 is 15.5 Å². The van der Waals surface area contributed by atoms with E-state index in [2.05, 4.69) is 240 Å². The van der Waals surface area contributed by atoms with Crippen molar-refractivity contribution in [3.63, 3.8) is 0 Å². The average molecular weight is 1100 g/mol. The summed E-state index contributed by atoms with van der Waals surface area (Å²) in [7, 11) is 0. The number of aliphatic hydroxyl groups excluding tert-OH is 1. The minimum Gasteiger partial charge on any atom is -0.481 e. The second-order valence-electron chi connectivity index (χ2n) is 40.7. The first-order valence-corrected chi connectivity index (χ1v) is 31.6. The van der Waals surface area contributed by atoms with Gasteiger partial charge in [-0.15, -0.1) is 0 Å². The fraction of sp³-hybridized carbons (Fsp3) is 0.945. The number of aliphatic hydroxyl groups is 1. The van der Waals surface area contributed by atoms with Gasteiger partial charge in [0, 0.05) is 6.54 Å². The van der Waals surface area contributed by atoms with Crippen LogP contribution in [0.1, 0.15) is 338 Å². The van der Waals surface area contributed by atoms with E-state index >= 15 is 0 Å². The normalized spacial score (nSPS) is 15.7. The van der Waals surface area contributed by atoms with Crippen LogP contribution in [0.25, 0.3) is 0 Å². The van der Waals surface area contributed by atoms with Crippen LogP contribution < -0.4 is 5.32 Å². The van der Waals surface area contributed by atoms with Gasteiger partial charge in [0.15, 0.2) is 0 Å². The molecule has 78 heavy (non-hydrogen) atoms. The van der Waals surface area contributed by atoms with Crippen molar-refractivity contribution < 1.29 is 19.8 Å². The molecule has 0 bridgehead atoms. The van der Waals surface area contributed by atoms with Gasteiger partial charge in [-0.3, -0.25) is 9.59 Å². The van der Waals surface area contributed by atoms with Gasteiger partial charge in [0.05, 0.1) is 18.9 Å². The minimum atomic E-state index is -1.02. The van der Waals surface area contributed by atoms with Gasteiger partial charge in [-0.2, -0.15) is 0 Å². The van der Waals surface area contributed by atoms with Gasteiger partial charge in [-0.05, 0) is 189 Å². The number of hydrogen-bond donors (Lipinski definition) is 3. The number of nitrogens with one attached hydrogen (secondary N) is 1. The fourth-order valence-electron chi connectivity index (χ4n) is 22.1. The molecule has 5 nitrogen and oxygen atoms in total. The first kappa shape index (κ1) is 76.6. The predicted molar refractivity (Wildman–Crippen MR) is 345 cm³/mol. The summed E-state index contributed by atoms with van der Waals surface area (Å²) in [5, 5.41) is 21.5. The van der Waals surface area contributed by atoms with E-state index in [1.165, 1.54) is 77.0 Å². The van der Waals surface area contributed by atoms with E-state index in [1.54, 1.807) is 0 Å². The van der Waals surface area contributed by atoms with Gasteiger partial charge in [-0.25, -0.2) is 0 Å². The molecule has 0 rings (SSSR count). The van der Waals surface area contributed by atoms with Crippen molar-refractivity contribution in [2.24, 2.45) is 92.6 Å². The molecule has 5 heteroatoms. The second-order valence-corrected chi connectivity index (χ2v) is 40.7. The Balaban J connectivity index is 5.82. The van der Waals surface area contributed by atoms with Crippen molar-refractivity contribution in [3.8, 4) is 0 Å². The Hall–Kier alpha value is -1.36. The SMILES string of the molecule is C=C(CC(C)(C)CC(C)(C)CC(C)(C)CC(C)(C)CC(C)(C)CC(C)(C)CC(C)(C)CC(C)(C)CC(C)(C)CC(C)(C)CC(C)(C)CC(C)(C)CC(C)(C)CC(C)(C)CC(C)(C)CC(C)(C)C)C(CC(=O)O)C(=O)NCCO. The van der Waals surface area contributed by atoms with E-state index in [0.29, 0.717) is 28.2 Å². The van der Waals surface area contributed by atoms with E-state index in [1.807, 2.05) is 0 Å². The maximum atomic E-state index is 12.9. The number of carboxylic acid groups (broad SMARTS) is 1. The van der Waals surface area contributed by atoms with Crippen LogP contribution in [0.3, 0.4) is 0 Å². The molecule has 0 fully saturated rings. The molecule has 0 aliphatic rings. The molecule has 1 unspecified atom stereocenters. The zero-order chi connectivity index (χ0) is 62.5. The highest BCUT2D eigenvalue weighted by atomic mass is 16.4. The third-order valence-electron chi connectivity index (χ3n) is 16.7. The molecular formula is C73H143NO4. The lowest BCUT2D eigenvalue weighted by Crippen LogP contribution is -2.37. The summed E-state index contributed by atoms with van der Waals surface area (Å²) < 4.78 is 0. The van der Waals surface area contributed by atoms with E-state index in [4.69, 9.17) is 0 Å². The van der Waals surface area contributed by atoms with Crippen molar-refractivity contribution in [3.05, 3.63) is 12.2 Å². The second kappa shape index (κ2) is 26.3. The minimum absolute atomic E-state index is 0.0146. The molecule has 0 aromatic heterocycles. The molecule has 0 saturated carbocycles. The van der Waals surface area contributed by atoms with Crippen LogP contribution in [0, 0.1) is 92.6 Å². The Morgan fingerprint density at radius 2 is 0.513 bits per heavy atom. The summed E-state index contributed by atoms with van der Waals surface area (Å²) in [4.78, 5) is 24.7. The molecule has 0 aromatic carbocycles. The number of hydrogen-bond acceptors (Lipinski definition) is 3. The number of rotatable bonds is 37. The topological polar surface area (TPSA) is 86.6 Å². The van der Waals surface area contributed by atoms with Gasteiger partial charge >= 0.3 is 5.97 Å². The summed E-state index contributed by atoms with van der Waals surface area (Å²) in [5.41, 5.74) is 3.78. The lowest BCUT2D eigenvalue weighted by atomic mass is 9.57. The van der Waals surface area contributed by atoms with E-state index in [9.17, 15) is 19.8 Å². The summed E-state index contributed by atoms with van der Waals surface area (Å²) in [6, 6.07) is 0. The Morgan fingerprint density at radius 1 is 0.333 bits per heavy atom. The summed E-state index contributed by atoms with van der Waals surface area (Å²) in [6.07, 6.45) is 18.2. The molecule has 1 amide bonds. The van der Waals surface area contributed by atoms with Crippen LogP contribution in [-0.2, 0) is 9.59 Å². The highest BCUT2D eigenvalue weighted by Gasteiger charge is 2.45. The van der Waals surface area contributed by atoms with Crippen LogP contribution in [0.4, 0.5) is 0 Å². The molecule has 0 aliphatic heterocycles. The standard InChI is InChI=1S/C73H143NO4/c1-54(55(37-56(76)77)57(78)74-35-36-75)38-59(5,6)40-61(9,10)42-63(13,14)44-65(17,18)46-67(21,22)48-69(25,26)50-71(29,30)52-73(33,34)53-72(31,32)51-70(27,28)49-68(23,24)47-66(19,20)45-64(15,16)43-62(11,12)41-60(7,8)39-58(2,3)4/h55,75H,1,35-53H2,2-34H3,(H,74,78)(H,76,77). The van der Waals surface area contributed by atoms with Crippen molar-refractivity contribution >= 4 is 11.9 Å². The maximum absolute atomic E-state index is 12.9. The van der Waals surface area contributed by atoms with Crippen LogP contribution >= 0.6 is 0 Å². The van der Waals surface area contributed by atoms with Crippen molar-refractivity contribution in [2.75, 3.05) is 13.2 Å². The van der Waals surface area contributed by atoms with Crippen molar-refractivity contribution in [2.45, 2.75) is 338 Å². The van der Waals surface area contributed by atoms with E-state index in [-0.39, 0.29) is 95.9 Å². The van der Waals surface area contributed by atoms with Gasteiger partial charge in [0.1, 0.15) is 0 Å². The molecule has 0 saturated heterocycles. The van der Waals surface area contributed by atoms with Crippen LogP contribution in [0.2, 0.25) is 0 Å². The largest absolute Gasteiger partial charge is 0.481 e.